The summed E-state index contributed by atoms with van der Waals surface area (Å²) < 4.78 is 14.0. The minimum atomic E-state index is -0.711. The first kappa shape index (κ1) is 29.7. The van der Waals surface area contributed by atoms with Crippen LogP contribution in [0.1, 0.15) is 36.6 Å². The largest absolute Gasteiger partial charge is 0.488 e. The van der Waals surface area contributed by atoms with E-state index in [1.165, 1.54) is 11.3 Å². The molecule has 0 bridgehead atoms. The van der Waals surface area contributed by atoms with Crippen LogP contribution in [-0.4, -0.2) is 17.1 Å². The molecule has 1 aliphatic rings. The molecule has 0 saturated heterocycles. The number of halogens is 1. The Bertz CT molecular complexity index is 2350. The van der Waals surface area contributed by atoms with Crippen molar-refractivity contribution < 1.29 is 14.3 Å². The normalized spacial score (nSPS) is 14.8. The van der Waals surface area contributed by atoms with Gasteiger partial charge >= 0.3 is 5.97 Å². The number of aromatic nitrogens is 1. The molecule has 1 aliphatic heterocycles. The Morgan fingerprint density at radius 1 is 0.913 bits per heavy atom. The Labute approximate surface area is 274 Å². The number of nitrogens with zero attached hydrogens (tertiary/aromatic N) is 2. The van der Waals surface area contributed by atoms with E-state index in [-0.39, 0.29) is 12.2 Å². The van der Waals surface area contributed by atoms with Crippen molar-refractivity contribution in [1.82, 2.24) is 4.57 Å². The maximum atomic E-state index is 14.5. The summed E-state index contributed by atoms with van der Waals surface area (Å²) >= 11 is 7.38. The smallest absolute Gasteiger partial charge is 0.338 e. The lowest BCUT2D eigenvalue weighted by atomic mass is 9.91. The van der Waals surface area contributed by atoms with Crippen molar-refractivity contribution in [2.24, 2.45) is 4.99 Å². The van der Waals surface area contributed by atoms with Crippen LogP contribution >= 0.6 is 22.9 Å². The fourth-order valence-electron chi connectivity index (χ4n) is 6.00. The number of carbonyl (C=O) groups excluding carboxylic acids is 1. The number of carbonyl (C=O) groups is 1. The molecule has 46 heavy (non-hydrogen) atoms. The third-order valence-corrected chi connectivity index (χ3v) is 9.38. The highest BCUT2D eigenvalue weighted by atomic mass is 35.5. The molecule has 0 unspecified atom stereocenters. The summed E-state index contributed by atoms with van der Waals surface area (Å²) in [5.74, 6) is 0.163. The molecule has 6 aromatic rings. The molecule has 7 rings (SSSR count). The SMILES string of the molecule is CCOC(=O)C1=C(C)N=c2s/c(=C/c3c(OCc4ccc(Cl)cc4)ccc4ccccc34)c(=O)n2[C@@H]1c1cccc2ccccc12. The van der Waals surface area contributed by atoms with Gasteiger partial charge in [0.1, 0.15) is 12.4 Å². The van der Waals surface area contributed by atoms with Crippen molar-refractivity contribution >= 4 is 56.5 Å². The minimum Gasteiger partial charge on any atom is -0.488 e. The molecule has 2 heterocycles. The van der Waals surface area contributed by atoms with Crippen LogP contribution in [0.3, 0.4) is 0 Å². The predicted octanol–water partition coefficient (Wildman–Crippen LogP) is 7.34. The summed E-state index contributed by atoms with van der Waals surface area (Å²) in [5.41, 5.74) is 3.24. The van der Waals surface area contributed by atoms with Gasteiger partial charge in [-0.3, -0.25) is 9.36 Å². The second-order valence-corrected chi connectivity index (χ2v) is 12.4. The van der Waals surface area contributed by atoms with Gasteiger partial charge in [0, 0.05) is 10.6 Å². The zero-order valence-electron chi connectivity index (χ0n) is 25.2. The molecule has 8 heteroatoms. The van der Waals surface area contributed by atoms with Gasteiger partial charge in [-0.15, -0.1) is 0 Å². The number of benzene rings is 5. The van der Waals surface area contributed by atoms with Crippen LogP contribution in [0.5, 0.6) is 5.75 Å². The Balaban J connectivity index is 1.43. The maximum Gasteiger partial charge on any atom is 0.338 e. The average molecular weight is 645 g/mol. The van der Waals surface area contributed by atoms with Gasteiger partial charge in [0.15, 0.2) is 4.80 Å². The average Bonchev–Trinajstić information content (AvgIpc) is 3.38. The summed E-state index contributed by atoms with van der Waals surface area (Å²) in [6.07, 6.45) is 1.88. The van der Waals surface area contributed by atoms with Gasteiger partial charge in [-0.25, -0.2) is 9.79 Å². The van der Waals surface area contributed by atoms with Crippen molar-refractivity contribution in [2.75, 3.05) is 6.61 Å². The summed E-state index contributed by atoms with van der Waals surface area (Å²) in [4.78, 5) is 33.2. The molecule has 1 atom stereocenters. The molecular formula is C38H29ClN2O4S. The first-order valence-corrected chi connectivity index (χ1v) is 16.2. The molecule has 0 aliphatic carbocycles. The zero-order valence-corrected chi connectivity index (χ0v) is 26.8. The number of rotatable bonds is 7. The van der Waals surface area contributed by atoms with E-state index in [1.54, 1.807) is 18.4 Å². The molecule has 0 N–H and O–H groups in total. The first-order valence-electron chi connectivity index (χ1n) is 15.0. The van der Waals surface area contributed by atoms with Gasteiger partial charge in [-0.1, -0.05) is 108 Å². The highest BCUT2D eigenvalue weighted by Crippen LogP contribution is 2.35. The summed E-state index contributed by atoms with van der Waals surface area (Å²) in [6.45, 7) is 4.12. The van der Waals surface area contributed by atoms with Crippen LogP contribution in [0.25, 0.3) is 27.6 Å². The second-order valence-electron chi connectivity index (χ2n) is 11.0. The van der Waals surface area contributed by atoms with Crippen molar-refractivity contribution in [3.8, 4) is 5.75 Å². The van der Waals surface area contributed by atoms with E-state index < -0.39 is 12.0 Å². The number of hydrogen-bond donors (Lipinski definition) is 0. The molecule has 0 radical (unpaired) electrons. The number of ether oxygens (including phenoxy) is 2. The molecule has 0 saturated carbocycles. The van der Waals surface area contributed by atoms with E-state index in [9.17, 15) is 9.59 Å². The zero-order chi connectivity index (χ0) is 31.8. The van der Waals surface area contributed by atoms with Crippen molar-refractivity contribution in [1.29, 1.82) is 0 Å². The van der Waals surface area contributed by atoms with Crippen molar-refractivity contribution in [2.45, 2.75) is 26.5 Å². The van der Waals surface area contributed by atoms with Crippen LogP contribution in [0.4, 0.5) is 0 Å². The highest BCUT2D eigenvalue weighted by molar-refractivity contribution is 7.07. The van der Waals surface area contributed by atoms with Crippen LogP contribution in [0.15, 0.2) is 124 Å². The standard InChI is InChI=1S/C38H29ClN2O4S/c1-3-44-37(43)34-23(2)40-38-41(35(34)30-14-8-11-25-9-4-6-12-28(25)30)36(42)33(46-38)21-31-29-13-7-5-10-26(29)17-20-32(31)45-22-24-15-18-27(39)19-16-24/h4-21,35H,3,22H2,1-2H3/b33-21+/t35-/m1/s1. The fourth-order valence-corrected chi connectivity index (χ4v) is 7.15. The van der Waals surface area contributed by atoms with Crippen LogP contribution in [0, 0.1) is 0 Å². The molecule has 228 valence electrons. The Hall–Kier alpha value is -4.98. The van der Waals surface area contributed by atoms with E-state index in [4.69, 9.17) is 26.1 Å². The molecule has 0 fully saturated rings. The molecule has 6 nitrogen and oxygen atoms in total. The number of allylic oxidation sites excluding steroid dienone is 1. The van der Waals surface area contributed by atoms with Crippen molar-refractivity contribution in [3.05, 3.63) is 156 Å². The quantitative estimate of drug-likeness (QED) is 0.171. The summed E-state index contributed by atoms with van der Waals surface area (Å²) in [7, 11) is 0. The molecule has 0 amide bonds. The third kappa shape index (κ3) is 5.42. The number of thiazole rings is 1. The Morgan fingerprint density at radius 3 is 2.37 bits per heavy atom. The molecule has 0 spiro atoms. The van der Waals surface area contributed by atoms with Crippen LogP contribution < -0.4 is 19.6 Å². The molecule has 1 aromatic heterocycles. The van der Waals surface area contributed by atoms with Gasteiger partial charge in [-0.2, -0.15) is 0 Å². The van der Waals surface area contributed by atoms with Crippen LogP contribution in [-0.2, 0) is 16.1 Å². The number of hydrogen-bond acceptors (Lipinski definition) is 6. The van der Waals surface area contributed by atoms with E-state index >= 15 is 0 Å². The van der Waals surface area contributed by atoms with Crippen molar-refractivity contribution in [3.63, 3.8) is 0 Å². The number of esters is 1. The lowest BCUT2D eigenvalue weighted by Crippen LogP contribution is -2.40. The van der Waals surface area contributed by atoms with E-state index in [1.807, 2.05) is 109 Å². The van der Waals surface area contributed by atoms with Gasteiger partial charge < -0.3 is 9.47 Å². The highest BCUT2D eigenvalue weighted by Gasteiger charge is 2.34. The monoisotopic (exact) mass is 644 g/mol. The molecular weight excluding hydrogens is 616 g/mol. The van der Waals surface area contributed by atoms with E-state index in [2.05, 4.69) is 0 Å². The first-order chi connectivity index (χ1) is 22.4. The predicted molar refractivity (Wildman–Crippen MR) is 184 cm³/mol. The Kier molecular flexibility index (Phi) is 8.03. The minimum absolute atomic E-state index is 0.210. The second kappa shape index (κ2) is 12.4. The maximum absolute atomic E-state index is 14.5. The lowest BCUT2D eigenvalue weighted by molar-refractivity contribution is -0.139. The topological polar surface area (TPSA) is 69.9 Å². The molecule has 5 aromatic carbocycles. The number of fused-ring (bicyclic) bond motifs is 3. The van der Waals surface area contributed by atoms with Gasteiger partial charge in [0.25, 0.3) is 5.56 Å². The van der Waals surface area contributed by atoms with Gasteiger partial charge in [-0.05, 0) is 70.8 Å². The van der Waals surface area contributed by atoms with Gasteiger partial charge in [0.2, 0.25) is 0 Å². The summed E-state index contributed by atoms with van der Waals surface area (Å²) in [6, 6.07) is 32.7. The summed E-state index contributed by atoms with van der Waals surface area (Å²) in [5, 5.41) is 4.60. The van der Waals surface area contributed by atoms with E-state index in [0.717, 1.165) is 38.2 Å². The lowest BCUT2D eigenvalue weighted by Gasteiger charge is -2.25. The third-order valence-electron chi connectivity index (χ3n) is 8.15. The Morgan fingerprint density at radius 2 is 1.61 bits per heavy atom. The van der Waals surface area contributed by atoms with Crippen LogP contribution in [0.2, 0.25) is 5.02 Å². The van der Waals surface area contributed by atoms with E-state index in [0.29, 0.717) is 38.0 Å². The van der Waals surface area contributed by atoms with Gasteiger partial charge in [0.05, 0.1) is 28.5 Å². The fraction of sp³-hybridized carbons (Fsp3) is 0.132.